The van der Waals surface area contributed by atoms with E-state index in [0.29, 0.717) is 5.56 Å². The van der Waals surface area contributed by atoms with Crippen LogP contribution in [0.2, 0.25) is 0 Å². The van der Waals surface area contributed by atoms with Crippen LogP contribution in [0.25, 0.3) is 5.76 Å². The van der Waals surface area contributed by atoms with Gasteiger partial charge in [-0.1, -0.05) is 52.2 Å². The number of benzene rings is 1. The highest BCUT2D eigenvalue weighted by atomic mass is 32.1. The summed E-state index contributed by atoms with van der Waals surface area (Å²) in [7, 11) is 0. The SMILES string of the molecule is Cc1ccc(C(C)(C)C)cc1/C(O)=C1\C(=O)C(=O)N(C2CCCCC2)C1c1sccc1C. The second kappa shape index (κ2) is 8.51. The number of Topliss-reactive ketones (excluding diaryl/α,β-unsaturated/α-hetero) is 1. The number of aryl methyl sites for hydroxylation is 2. The smallest absolute Gasteiger partial charge is 0.295 e. The van der Waals surface area contributed by atoms with Gasteiger partial charge in [0.05, 0.1) is 5.57 Å². The largest absolute Gasteiger partial charge is 0.507 e. The van der Waals surface area contributed by atoms with Crippen molar-refractivity contribution in [1.82, 2.24) is 4.90 Å². The Bertz CT molecular complexity index is 1080. The number of hydrogen-bond donors (Lipinski definition) is 1. The molecule has 32 heavy (non-hydrogen) atoms. The number of amides is 1. The highest BCUT2D eigenvalue weighted by Crippen LogP contribution is 2.46. The van der Waals surface area contributed by atoms with Gasteiger partial charge in [-0.25, -0.2) is 0 Å². The molecule has 1 aliphatic carbocycles. The van der Waals surface area contributed by atoms with Crippen molar-refractivity contribution >= 4 is 28.8 Å². The van der Waals surface area contributed by atoms with Crippen molar-refractivity contribution < 1.29 is 14.7 Å². The molecule has 1 N–H and O–H groups in total. The first-order valence-electron chi connectivity index (χ1n) is 11.6. The molecule has 170 valence electrons. The maximum Gasteiger partial charge on any atom is 0.295 e. The number of ketones is 1. The van der Waals surface area contributed by atoms with E-state index in [1.807, 2.05) is 37.4 Å². The third-order valence-corrected chi connectivity index (χ3v) is 8.03. The second-order valence-electron chi connectivity index (χ2n) is 10.2. The minimum atomic E-state index is -0.563. The van der Waals surface area contributed by atoms with Crippen LogP contribution >= 0.6 is 11.3 Å². The molecule has 1 saturated carbocycles. The fraction of sp³-hybridized carbons (Fsp3) is 0.481. The van der Waals surface area contributed by atoms with Crippen molar-refractivity contribution in [3.05, 3.63) is 62.3 Å². The third kappa shape index (κ3) is 3.92. The second-order valence-corrected chi connectivity index (χ2v) is 11.2. The van der Waals surface area contributed by atoms with Gasteiger partial charge in [0.1, 0.15) is 11.8 Å². The summed E-state index contributed by atoms with van der Waals surface area (Å²) in [5.41, 5.74) is 3.80. The van der Waals surface area contributed by atoms with Crippen LogP contribution in [0, 0.1) is 13.8 Å². The Balaban J connectivity index is 1.91. The number of aliphatic hydroxyl groups is 1. The summed E-state index contributed by atoms with van der Waals surface area (Å²) in [6.07, 6.45) is 5.12. The lowest BCUT2D eigenvalue weighted by atomic mass is 9.84. The molecule has 1 amide bonds. The molecular weight excluding hydrogens is 418 g/mol. The molecule has 1 aromatic carbocycles. The molecule has 0 bridgehead atoms. The molecule has 2 heterocycles. The number of carbonyl (C=O) groups is 2. The predicted octanol–water partition coefficient (Wildman–Crippen LogP) is 6.42. The number of nitrogens with zero attached hydrogens (tertiary/aromatic N) is 1. The van der Waals surface area contributed by atoms with E-state index in [1.54, 1.807) is 16.2 Å². The van der Waals surface area contributed by atoms with E-state index in [9.17, 15) is 14.7 Å². The van der Waals surface area contributed by atoms with Crippen molar-refractivity contribution in [3.8, 4) is 0 Å². The fourth-order valence-corrected chi connectivity index (χ4v) is 6.03. The highest BCUT2D eigenvalue weighted by molar-refractivity contribution is 7.10. The summed E-state index contributed by atoms with van der Waals surface area (Å²) in [6.45, 7) is 10.3. The normalized spacial score (nSPS) is 22.0. The summed E-state index contributed by atoms with van der Waals surface area (Å²) < 4.78 is 0. The summed E-state index contributed by atoms with van der Waals surface area (Å²) >= 11 is 1.56. The minimum Gasteiger partial charge on any atom is -0.507 e. The minimum absolute atomic E-state index is 0.0407. The summed E-state index contributed by atoms with van der Waals surface area (Å²) in [4.78, 5) is 29.5. The Morgan fingerprint density at radius 3 is 2.31 bits per heavy atom. The van der Waals surface area contributed by atoms with Gasteiger partial charge in [-0.2, -0.15) is 0 Å². The van der Waals surface area contributed by atoms with E-state index in [4.69, 9.17) is 0 Å². The lowest BCUT2D eigenvalue weighted by Gasteiger charge is -2.35. The Kier molecular flexibility index (Phi) is 6.06. The van der Waals surface area contributed by atoms with Gasteiger partial charge in [-0.3, -0.25) is 9.59 Å². The Morgan fingerprint density at radius 1 is 1.03 bits per heavy atom. The summed E-state index contributed by atoms with van der Waals surface area (Å²) in [6, 6.07) is 7.56. The average molecular weight is 452 g/mol. The van der Waals surface area contributed by atoms with Crippen molar-refractivity contribution in [2.45, 2.75) is 84.2 Å². The first-order chi connectivity index (χ1) is 15.1. The quantitative estimate of drug-likeness (QED) is 0.333. The standard InChI is InChI=1S/C27H33NO3S/c1-16-11-12-18(27(3,4)5)15-20(16)23(29)21-22(25-17(2)13-14-32-25)28(26(31)24(21)30)19-9-7-6-8-10-19/h11-15,19,22,29H,6-10H2,1-5H3/b23-21+. The molecule has 1 aromatic heterocycles. The number of rotatable bonds is 3. The molecule has 2 aromatic rings. The van der Waals surface area contributed by atoms with Crippen molar-refractivity contribution in [1.29, 1.82) is 0 Å². The van der Waals surface area contributed by atoms with E-state index in [2.05, 4.69) is 26.8 Å². The lowest BCUT2D eigenvalue weighted by molar-refractivity contribution is -0.141. The van der Waals surface area contributed by atoms with Crippen LogP contribution < -0.4 is 0 Å². The molecule has 2 aliphatic rings. The van der Waals surface area contributed by atoms with Gasteiger partial charge in [-0.15, -0.1) is 11.3 Å². The third-order valence-electron chi connectivity index (χ3n) is 6.96. The molecule has 1 saturated heterocycles. The summed E-state index contributed by atoms with van der Waals surface area (Å²) in [5, 5.41) is 13.5. The molecule has 0 radical (unpaired) electrons. The molecule has 1 atom stereocenters. The van der Waals surface area contributed by atoms with Gasteiger partial charge in [0.25, 0.3) is 11.7 Å². The zero-order valence-electron chi connectivity index (χ0n) is 19.7. The van der Waals surface area contributed by atoms with Crippen LogP contribution in [-0.2, 0) is 15.0 Å². The zero-order chi connectivity index (χ0) is 23.2. The summed E-state index contributed by atoms with van der Waals surface area (Å²) in [5.74, 6) is -1.09. The lowest BCUT2D eigenvalue weighted by Crippen LogP contribution is -2.40. The number of carbonyl (C=O) groups excluding carboxylic acids is 2. The predicted molar refractivity (Wildman–Crippen MR) is 130 cm³/mol. The van der Waals surface area contributed by atoms with Gasteiger partial charge in [-0.05, 0) is 66.3 Å². The number of aliphatic hydroxyl groups excluding tert-OH is 1. The van der Waals surface area contributed by atoms with Crippen LogP contribution in [0.3, 0.4) is 0 Å². The van der Waals surface area contributed by atoms with Crippen molar-refractivity contribution in [2.24, 2.45) is 0 Å². The van der Waals surface area contributed by atoms with E-state index in [0.717, 1.165) is 47.3 Å². The molecule has 5 heteroatoms. The topological polar surface area (TPSA) is 57.6 Å². The maximum absolute atomic E-state index is 13.4. The van der Waals surface area contributed by atoms with Crippen LogP contribution in [0.1, 0.15) is 86.0 Å². The van der Waals surface area contributed by atoms with E-state index in [1.165, 1.54) is 6.42 Å². The maximum atomic E-state index is 13.4. The molecule has 1 aliphatic heterocycles. The van der Waals surface area contributed by atoms with E-state index >= 15 is 0 Å². The Morgan fingerprint density at radius 2 is 1.72 bits per heavy atom. The van der Waals surface area contributed by atoms with Crippen LogP contribution in [-0.4, -0.2) is 27.7 Å². The molecule has 4 rings (SSSR count). The van der Waals surface area contributed by atoms with E-state index in [-0.39, 0.29) is 22.8 Å². The van der Waals surface area contributed by atoms with Gasteiger partial charge < -0.3 is 10.0 Å². The van der Waals surface area contributed by atoms with E-state index < -0.39 is 17.7 Å². The Hall–Kier alpha value is -2.40. The molecular formula is C27H33NO3S. The molecule has 1 unspecified atom stereocenters. The van der Waals surface area contributed by atoms with Crippen LogP contribution in [0.15, 0.2) is 35.2 Å². The first-order valence-corrected chi connectivity index (χ1v) is 12.4. The molecule has 2 fully saturated rings. The van der Waals surface area contributed by atoms with Crippen LogP contribution in [0.5, 0.6) is 0 Å². The van der Waals surface area contributed by atoms with Gasteiger partial charge in [0, 0.05) is 16.5 Å². The first kappa shape index (κ1) is 22.8. The zero-order valence-corrected chi connectivity index (χ0v) is 20.5. The van der Waals surface area contributed by atoms with Gasteiger partial charge in [0.15, 0.2) is 0 Å². The van der Waals surface area contributed by atoms with Gasteiger partial charge >= 0.3 is 0 Å². The van der Waals surface area contributed by atoms with Crippen LogP contribution in [0.4, 0.5) is 0 Å². The molecule has 4 nitrogen and oxygen atoms in total. The fourth-order valence-electron chi connectivity index (χ4n) is 5.00. The number of likely N-dealkylation sites (tertiary alicyclic amines) is 1. The van der Waals surface area contributed by atoms with Crippen molar-refractivity contribution in [2.75, 3.05) is 0 Å². The highest BCUT2D eigenvalue weighted by Gasteiger charge is 2.49. The van der Waals surface area contributed by atoms with Gasteiger partial charge in [0.2, 0.25) is 0 Å². The van der Waals surface area contributed by atoms with Crippen molar-refractivity contribution in [3.63, 3.8) is 0 Å². The Labute approximate surface area is 195 Å². The monoisotopic (exact) mass is 451 g/mol. The number of hydrogen-bond acceptors (Lipinski definition) is 4. The molecule has 0 spiro atoms. The average Bonchev–Trinajstić information content (AvgIpc) is 3.28. The number of thiophene rings is 1.